The Morgan fingerprint density at radius 2 is 0.381 bits per heavy atom. The highest BCUT2D eigenvalue weighted by molar-refractivity contribution is 5.72. The van der Waals surface area contributed by atoms with E-state index in [1.54, 1.807) is 0 Å². The van der Waals surface area contributed by atoms with Gasteiger partial charge in [0.25, 0.3) is 0 Å². The van der Waals surface area contributed by atoms with Crippen LogP contribution in [0, 0.1) is 55.4 Å². The third kappa shape index (κ3) is 3.09. The van der Waals surface area contributed by atoms with Crippen molar-refractivity contribution in [2.75, 3.05) is 0 Å². The molecule has 0 atom stereocenters. The SMILES string of the molecule is Cc1c(C)c(C)c2c(c1C)C(F)(F)C1=C(C(F)(F)C3=C(C1(F)F)C(F)(F)c1c(C)c(C)c(C)c(C)c1C3(F)F)C2(F)F. The highest BCUT2D eigenvalue weighted by atomic mass is 19.3. The maximum absolute atomic E-state index is 16.2. The molecule has 0 unspecified atom stereocenters. The number of hydrogen-bond donors (Lipinski definition) is 0. The van der Waals surface area contributed by atoms with Crippen LogP contribution in [-0.4, -0.2) is 11.8 Å². The zero-order valence-corrected chi connectivity index (χ0v) is 23.5. The summed E-state index contributed by atoms with van der Waals surface area (Å²) in [5.74, 6) is -33.6. The summed E-state index contributed by atoms with van der Waals surface area (Å²) in [6.45, 7) is 8.40. The van der Waals surface area contributed by atoms with Gasteiger partial charge in [-0.05, 0) is 99.9 Å². The molecular formula is C30H24F12. The van der Waals surface area contributed by atoms with Gasteiger partial charge in [-0.1, -0.05) is 0 Å². The van der Waals surface area contributed by atoms with E-state index in [0.29, 0.717) is 0 Å². The first kappa shape index (κ1) is 30.5. The maximum atomic E-state index is 16.2. The fourth-order valence-corrected chi connectivity index (χ4v) is 6.99. The Bertz CT molecular complexity index is 1460. The summed E-state index contributed by atoms with van der Waals surface area (Å²) in [5.41, 5.74) is -22.9. The Morgan fingerprint density at radius 3 is 0.524 bits per heavy atom. The van der Waals surface area contributed by atoms with E-state index in [4.69, 9.17) is 0 Å². The highest BCUT2D eigenvalue weighted by Gasteiger charge is 2.79. The number of allylic oxidation sites excluding steroid dienone is 4. The summed E-state index contributed by atoms with van der Waals surface area (Å²) in [6.07, 6.45) is 0. The summed E-state index contributed by atoms with van der Waals surface area (Å²) < 4.78 is 194. The van der Waals surface area contributed by atoms with E-state index in [2.05, 4.69) is 0 Å². The van der Waals surface area contributed by atoms with E-state index in [1.807, 2.05) is 0 Å². The molecule has 3 aliphatic carbocycles. The molecule has 0 nitrogen and oxygen atoms in total. The van der Waals surface area contributed by atoms with Crippen molar-refractivity contribution in [3.63, 3.8) is 0 Å². The minimum Gasteiger partial charge on any atom is -0.196 e. The minimum absolute atomic E-state index is 0.0445. The average molecular weight is 612 g/mol. The highest BCUT2D eigenvalue weighted by Crippen LogP contribution is 2.72. The van der Waals surface area contributed by atoms with Crippen molar-refractivity contribution >= 4 is 0 Å². The Kier molecular flexibility index (Phi) is 5.79. The fraction of sp³-hybridized carbons (Fsp3) is 0.467. The van der Waals surface area contributed by atoms with E-state index in [9.17, 15) is 0 Å². The summed E-state index contributed by atoms with van der Waals surface area (Å²) in [7, 11) is 0. The Balaban J connectivity index is 2.01. The van der Waals surface area contributed by atoms with Gasteiger partial charge < -0.3 is 0 Å². The predicted molar refractivity (Wildman–Crippen MR) is 130 cm³/mol. The predicted octanol–water partition coefficient (Wildman–Crippen LogP) is 10.1. The van der Waals surface area contributed by atoms with Gasteiger partial charge in [-0.2, -0.15) is 52.7 Å². The Labute approximate surface area is 233 Å². The van der Waals surface area contributed by atoms with Gasteiger partial charge in [0, 0.05) is 22.3 Å². The second-order valence-corrected chi connectivity index (χ2v) is 11.4. The first-order valence-corrected chi connectivity index (χ1v) is 12.8. The van der Waals surface area contributed by atoms with Crippen molar-refractivity contribution in [3.8, 4) is 0 Å². The number of alkyl halides is 12. The molecule has 2 aromatic carbocycles. The quantitative estimate of drug-likeness (QED) is 0.205. The summed E-state index contributed by atoms with van der Waals surface area (Å²) in [4.78, 5) is 0. The standard InChI is InChI=1S/C30H24F12/c1-9-10(2)14(6)18-17(13(9)5)25(31,32)21-22(26(18,33)34)30(41,42)24-23(29(21,39)40)27(35,36)19-15(7)11(3)12(4)16(8)20(19)28(24,37)38/h1-8H3. The summed E-state index contributed by atoms with van der Waals surface area (Å²) in [6, 6.07) is 0. The zero-order chi connectivity index (χ0) is 32.2. The van der Waals surface area contributed by atoms with Crippen molar-refractivity contribution in [2.45, 2.75) is 90.9 Å². The second-order valence-electron chi connectivity index (χ2n) is 11.4. The fourth-order valence-electron chi connectivity index (χ4n) is 6.99. The first-order chi connectivity index (χ1) is 18.7. The molecule has 2 aromatic rings. The van der Waals surface area contributed by atoms with Gasteiger partial charge in [0.15, 0.2) is 0 Å². The van der Waals surface area contributed by atoms with Crippen molar-refractivity contribution in [1.82, 2.24) is 0 Å². The molecule has 0 N–H and O–H groups in total. The second kappa shape index (κ2) is 7.96. The van der Waals surface area contributed by atoms with Crippen LogP contribution in [0.25, 0.3) is 0 Å². The molecule has 228 valence electrons. The largest absolute Gasteiger partial charge is 0.304 e. The molecule has 0 spiro atoms. The molecule has 5 rings (SSSR count). The van der Waals surface area contributed by atoms with Gasteiger partial charge in [0.05, 0.1) is 22.3 Å². The maximum Gasteiger partial charge on any atom is 0.304 e. The molecule has 42 heavy (non-hydrogen) atoms. The third-order valence-electron chi connectivity index (χ3n) is 9.64. The van der Waals surface area contributed by atoms with Crippen LogP contribution in [0.1, 0.15) is 66.8 Å². The monoisotopic (exact) mass is 612 g/mol. The number of benzene rings is 2. The lowest BCUT2D eigenvalue weighted by atomic mass is 9.61. The van der Waals surface area contributed by atoms with E-state index in [1.165, 1.54) is 27.7 Å². The molecule has 0 saturated heterocycles. The van der Waals surface area contributed by atoms with Crippen LogP contribution in [0.4, 0.5) is 52.7 Å². The number of hydrogen-bond acceptors (Lipinski definition) is 0. The van der Waals surface area contributed by atoms with Crippen molar-refractivity contribution in [2.24, 2.45) is 0 Å². The molecule has 0 radical (unpaired) electrons. The smallest absolute Gasteiger partial charge is 0.196 e. The molecular weight excluding hydrogens is 588 g/mol. The molecule has 0 amide bonds. The van der Waals surface area contributed by atoms with E-state index >= 15 is 52.7 Å². The van der Waals surface area contributed by atoms with Gasteiger partial charge in [0.2, 0.25) is 0 Å². The third-order valence-corrected chi connectivity index (χ3v) is 9.64. The van der Waals surface area contributed by atoms with Crippen molar-refractivity contribution in [3.05, 3.63) is 89.1 Å². The number of fused-ring (bicyclic) bond motifs is 2. The Hall–Kier alpha value is -2.92. The van der Waals surface area contributed by atoms with E-state index in [0.717, 1.165) is 27.7 Å². The van der Waals surface area contributed by atoms with E-state index < -0.39 is 102 Å². The van der Waals surface area contributed by atoms with Gasteiger partial charge >= 0.3 is 35.5 Å². The number of rotatable bonds is 0. The van der Waals surface area contributed by atoms with Gasteiger partial charge in [-0.25, -0.2) is 0 Å². The van der Waals surface area contributed by atoms with Crippen LogP contribution in [0.2, 0.25) is 0 Å². The van der Waals surface area contributed by atoms with Crippen LogP contribution < -0.4 is 0 Å². The molecule has 0 aromatic heterocycles. The van der Waals surface area contributed by atoms with Gasteiger partial charge in [0.1, 0.15) is 0 Å². The molecule has 12 heteroatoms. The summed E-state index contributed by atoms with van der Waals surface area (Å²) >= 11 is 0. The lowest BCUT2D eigenvalue weighted by Gasteiger charge is -2.50. The average Bonchev–Trinajstić information content (AvgIpc) is 2.83. The molecule has 0 fully saturated rings. The topological polar surface area (TPSA) is 0 Å². The Morgan fingerprint density at radius 1 is 0.238 bits per heavy atom. The lowest BCUT2D eigenvalue weighted by Crippen LogP contribution is -2.58. The molecule has 0 saturated carbocycles. The van der Waals surface area contributed by atoms with Crippen LogP contribution in [-0.2, 0) is 23.7 Å². The first-order valence-electron chi connectivity index (χ1n) is 12.8. The lowest BCUT2D eigenvalue weighted by molar-refractivity contribution is -0.139. The van der Waals surface area contributed by atoms with Crippen molar-refractivity contribution in [1.29, 1.82) is 0 Å². The van der Waals surface area contributed by atoms with Gasteiger partial charge in [-0.3, -0.25) is 0 Å². The normalized spacial score (nSPS) is 23.7. The summed E-state index contributed by atoms with van der Waals surface area (Å²) in [5, 5.41) is 0. The van der Waals surface area contributed by atoms with Crippen LogP contribution in [0.5, 0.6) is 0 Å². The van der Waals surface area contributed by atoms with Gasteiger partial charge in [-0.15, -0.1) is 0 Å². The van der Waals surface area contributed by atoms with Crippen LogP contribution in [0.15, 0.2) is 22.3 Å². The molecule has 3 aliphatic rings. The minimum atomic E-state index is -6.04. The van der Waals surface area contributed by atoms with Crippen molar-refractivity contribution < 1.29 is 52.7 Å². The van der Waals surface area contributed by atoms with Crippen LogP contribution >= 0.6 is 0 Å². The van der Waals surface area contributed by atoms with E-state index in [-0.39, 0.29) is 22.3 Å². The molecule has 0 bridgehead atoms. The molecule has 0 aliphatic heterocycles. The zero-order valence-electron chi connectivity index (χ0n) is 23.5. The number of halogens is 12. The molecule has 0 heterocycles. The van der Waals surface area contributed by atoms with Crippen LogP contribution in [0.3, 0.4) is 0 Å².